The van der Waals surface area contributed by atoms with Crippen molar-refractivity contribution in [1.29, 1.82) is 0 Å². The van der Waals surface area contributed by atoms with Crippen molar-refractivity contribution in [2.45, 2.75) is 19.4 Å². The number of pyridine rings is 1. The maximum Gasteiger partial charge on any atom is 0.0931 e. The van der Waals surface area contributed by atoms with Crippen LogP contribution in [0.4, 0.5) is 0 Å². The third-order valence-electron chi connectivity index (χ3n) is 1.46. The Morgan fingerprint density at radius 2 is 2.18 bits per heavy atom. The Kier molecular flexibility index (Phi) is 2.72. The van der Waals surface area contributed by atoms with E-state index in [4.69, 9.17) is 0 Å². The van der Waals surface area contributed by atoms with Crippen LogP contribution in [-0.4, -0.2) is 11.0 Å². The van der Waals surface area contributed by atoms with Crippen LogP contribution in [0.2, 0.25) is 0 Å². The summed E-state index contributed by atoms with van der Waals surface area (Å²) in [5.41, 5.74) is 1.10. The zero-order valence-corrected chi connectivity index (χ0v) is 6.40. The topological polar surface area (TPSA) is 42.3 Å². The average molecular weight is 150 g/mol. The second-order valence-corrected chi connectivity index (χ2v) is 2.51. The van der Waals surface area contributed by atoms with Gasteiger partial charge in [-0.15, -0.1) is 0 Å². The lowest BCUT2D eigenvalue weighted by Gasteiger charge is -2.00. The Morgan fingerprint density at radius 3 is 2.73 bits per heavy atom. The fraction of sp³-hybridized carbons (Fsp3) is 0.375. The highest BCUT2D eigenvalue weighted by Gasteiger charge is 2.00. The van der Waals surface area contributed by atoms with Gasteiger partial charge in [-0.1, -0.05) is 5.18 Å². The molecule has 3 heteroatoms. The average Bonchev–Trinajstić information content (AvgIpc) is 2.06. The van der Waals surface area contributed by atoms with Crippen molar-refractivity contribution in [2.75, 3.05) is 0 Å². The van der Waals surface area contributed by atoms with Crippen molar-refractivity contribution in [3.63, 3.8) is 0 Å². The lowest BCUT2D eigenvalue weighted by molar-refractivity contribution is 0.733. The molecular weight excluding hydrogens is 140 g/mol. The molecule has 1 aromatic heterocycles. The summed E-state index contributed by atoms with van der Waals surface area (Å²) in [5.74, 6) is 0. The molecule has 0 saturated carbocycles. The minimum atomic E-state index is -0.141. The van der Waals surface area contributed by atoms with Crippen molar-refractivity contribution in [3.05, 3.63) is 35.0 Å². The molecule has 0 fully saturated rings. The van der Waals surface area contributed by atoms with E-state index in [0.29, 0.717) is 6.42 Å². The van der Waals surface area contributed by atoms with Crippen molar-refractivity contribution < 1.29 is 0 Å². The maximum absolute atomic E-state index is 10.0. The molecule has 0 aliphatic rings. The smallest absolute Gasteiger partial charge is 0.0931 e. The number of nitroso groups, excluding NO2 is 1. The summed E-state index contributed by atoms with van der Waals surface area (Å²) in [6, 6.07) is 3.64. The zero-order chi connectivity index (χ0) is 8.10. The molecule has 0 radical (unpaired) electrons. The van der Waals surface area contributed by atoms with E-state index in [1.807, 2.05) is 12.1 Å². The van der Waals surface area contributed by atoms with Crippen LogP contribution in [-0.2, 0) is 6.42 Å². The predicted molar refractivity (Wildman–Crippen MR) is 43.2 cm³/mol. The van der Waals surface area contributed by atoms with E-state index in [2.05, 4.69) is 10.2 Å². The lowest BCUT2D eigenvalue weighted by atomic mass is 10.1. The van der Waals surface area contributed by atoms with Crippen molar-refractivity contribution in [2.24, 2.45) is 5.18 Å². The van der Waals surface area contributed by atoms with Gasteiger partial charge in [-0.05, 0) is 31.0 Å². The number of hydrogen-bond donors (Lipinski definition) is 0. The summed E-state index contributed by atoms with van der Waals surface area (Å²) in [5, 5.41) is 2.91. The van der Waals surface area contributed by atoms with E-state index in [9.17, 15) is 4.91 Å². The summed E-state index contributed by atoms with van der Waals surface area (Å²) >= 11 is 0. The monoisotopic (exact) mass is 150 g/mol. The van der Waals surface area contributed by atoms with Crippen LogP contribution in [0.5, 0.6) is 0 Å². The third-order valence-corrected chi connectivity index (χ3v) is 1.46. The van der Waals surface area contributed by atoms with Crippen molar-refractivity contribution in [1.82, 2.24) is 4.98 Å². The van der Waals surface area contributed by atoms with Crippen LogP contribution in [0.25, 0.3) is 0 Å². The van der Waals surface area contributed by atoms with E-state index in [1.165, 1.54) is 0 Å². The Hall–Kier alpha value is -1.25. The first-order valence-electron chi connectivity index (χ1n) is 3.54. The number of nitrogens with zero attached hydrogens (tertiary/aromatic N) is 2. The first-order valence-corrected chi connectivity index (χ1v) is 3.54. The van der Waals surface area contributed by atoms with Crippen LogP contribution in [0.3, 0.4) is 0 Å². The Balaban J connectivity index is 2.57. The van der Waals surface area contributed by atoms with Gasteiger partial charge in [0.25, 0.3) is 0 Å². The maximum atomic E-state index is 10.0. The Morgan fingerprint density at radius 1 is 1.55 bits per heavy atom. The summed E-state index contributed by atoms with van der Waals surface area (Å²) < 4.78 is 0. The molecule has 0 aliphatic heterocycles. The number of rotatable bonds is 3. The van der Waals surface area contributed by atoms with Gasteiger partial charge in [0.2, 0.25) is 0 Å². The van der Waals surface area contributed by atoms with E-state index in [1.54, 1.807) is 19.3 Å². The molecule has 0 amide bonds. The molecule has 0 aromatic carbocycles. The SMILES string of the molecule is CC(Cc1ccncc1)N=O. The molecule has 0 aliphatic carbocycles. The quantitative estimate of drug-likeness (QED) is 0.616. The van der Waals surface area contributed by atoms with Gasteiger partial charge < -0.3 is 0 Å². The molecule has 1 aromatic rings. The highest BCUT2D eigenvalue weighted by molar-refractivity contribution is 5.10. The summed E-state index contributed by atoms with van der Waals surface area (Å²) in [6.07, 6.45) is 4.13. The highest BCUT2D eigenvalue weighted by atomic mass is 16.3. The van der Waals surface area contributed by atoms with Gasteiger partial charge in [-0.2, -0.15) is 4.91 Å². The minimum absolute atomic E-state index is 0.141. The van der Waals surface area contributed by atoms with Crippen LogP contribution in [0.1, 0.15) is 12.5 Å². The fourth-order valence-electron chi connectivity index (χ4n) is 0.897. The molecule has 1 rings (SSSR count). The Labute approximate surface area is 65.4 Å². The van der Waals surface area contributed by atoms with Gasteiger partial charge in [0.1, 0.15) is 0 Å². The molecule has 1 atom stereocenters. The molecular formula is C8H10N2O. The molecule has 3 nitrogen and oxygen atoms in total. The first kappa shape index (κ1) is 7.85. The van der Waals surface area contributed by atoms with Crippen LogP contribution in [0.15, 0.2) is 29.7 Å². The molecule has 58 valence electrons. The van der Waals surface area contributed by atoms with E-state index in [0.717, 1.165) is 5.56 Å². The van der Waals surface area contributed by atoms with E-state index >= 15 is 0 Å². The van der Waals surface area contributed by atoms with E-state index < -0.39 is 0 Å². The van der Waals surface area contributed by atoms with Crippen LogP contribution >= 0.6 is 0 Å². The van der Waals surface area contributed by atoms with Crippen molar-refractivity contribution >= 4 is 0 Å². The molecule has 1 unspecified atom stereocenters. The van der Waals surface area contributed by atoms with Gasteiger partial charge in [0.05, 0.1) is 6.04 Å². The van der Waals surface area contributed by atoms with Gasteiger partial charge in [0.15, 0.2) is 0 Å². The fourth-order valence-corrected chi connectivity index (χ4v) is 0.897. The third kappa shape index (κ3) is 2.45. The number of hydrogen-bond acceptors (Lipinski definition) is 3. The standard InChI is InChI=1S/C8H10N2O/c1-7(10-11)6-8-2-4-9-5-3-8/h2-5,7H,6H2,1H3. The second kappa shape index (κ2) is 3.81. The molecule has 1 heterocycles. The predicted octanol–water partition coefficient (Wildman–Crippen LogP) is 1.78. The highest BCUT2D eigenvalue weighted by Crippen LogP contribution is 2.02. The Bertz CT molecular complexity index is 223. The van der Waals surface area contributed by atoms with Crippen LogP contribution < -0.4 is 0 Å². The molecule has 0 spiro atoms. The molecule has 11 heavy (non-hydrogen) atoms. The molecule has 0 N–H and O–H groups in total. The van der Waals surface area contributed by atoms with E-state index in [-0.39, 0.29) is 6.04 Å². The van der Waals surface area contributed by atoms with Crippen LogP contribution in [0, 0.1) is 4.91 Å². The first-order chi connectivity index (χ1) is 5.33. The normalized spacial score (nSPS) is 12.5. The van der Waals surface area contributed by atoms with Gasteiger partial charge >= 0.3 is 0 Å². The molecule has 0 saturated heterocycles. The van der Waals surface area contributed by atoms with Gasteiger partial charge in [-0.25, -0.2) is 0 Å². The lowest BCUT2D eigenvalue weighted by Crippen LogP contribution is -2.01. The molecule has 0 bridgehead atoms. The summed E-state index contributed by atoms with van der Waals surface area (Å²) in [6.45, 7) is 1.80. The second-order valence-electron chi connectivity index (χ2n) is 2.51. The summed E-state index contributed by atoms with van der Waals surface area (Å²) in [7, 11) is 0. The summed E-state index contributed by atoms with van der Waals surface area (Å²) in [4.78, 5) is 13.9. The van der Waals surface area contributed by atoms with Crippen molar-refractivity contribution in [3.8, 4) is 0 Å². The van der Waals surface area contributed by atoms with Gasteiger partial charge in [-0.3, -0.25) is 4.98 Å². The minimum Gasteiger partial charge on any atom is -0.265 e. The van der Waals surface area contributed by atoms with Gasteiger partial charge in [0, 0.05) is 12.4 Å². The zero-order valence-electron chi connectivity index (χ0n) is 6.40. The number of aromatic nitrogens is 1. The largest absolute Gasteiger partial charge is 0.265 e.